The minimum absolute atomic E-state index is 0.0363. The second kappa shape index (κ2) is 3.59. The zero-order valence-electron chi connectivity index (χ0n) is 11.1. The molecular formula is C8H5Br2N3. The standard InChI is InChI=1S/C8H5Br2N3/c9-6-2-1-3-11-8(6)13-4-7(10)12-5-13/h1-5H/i1D,2D,3D,4D,5D. The van der Waals surface area contributed by atoms with Crippen LogP contribution in [-0.2, 0) is 0 Å². The zero-order chi connectivity index (χ0) is 13.6. The summed E-state index contributed by atoms with van der Waals surface area (Å²) in [6.07, 6.45) is -0.733. The smallest absolute Gasteiger partial charge is 0.152 e. The molecule has 0 aliphatic heterocycles. The van der Waals surface area contributed by atoms with E-state index in [4.69, 9.17) is 6.85 Å². The number of aromatic nitrogens is 3. The molecule has 0 saturated carbocycles. The van der Waals surface area contributed by atoms with Crippen molar-refractivity contribution in [2.75, 3.05) is 0 Å². The quantitative estimate of drug-likeness (QED) is 0.811. The molecule has 0 unspecified atom stereocenters. The van der Waals surface area contributed by atoms with Crippen LogP contribution >= 0.6 is 31.9 Å². The highest BCUT2D eigenvalue weighted by Gasteiger charge is 2.02. The van der Waals surface area contributed by atoms with Gasteiger partial charge in [0.25, 0.3) is 0 Å². The van der Waals surface area contributed by atoms with Crippen molar-refractivity contribution in [1.29, 1.82) is 0 Å². The molecule has 0 aliphatic carbocycles. The van der Waals surface area contributed by atoms with Crippen LogP contribution in [-0.4, -0.2) is 14.5 Å². The third-order valence-electron chi connectivity index (χ3n) is 1.25. The largest absolute Gasteiger partial charge is 0.288 e. The molecule has 2 aromatic heterocycles. The molecule has 13 heavy (non-hydrogen) atoms. The Hall–Kier alpha value is -0.680. The fourth-order valence-electron chi connectivity index (χ4n) is 0.753. The highest BCUT2D eigenvalue weighted by Crippen LogP contribution is 2.18. The van der Waals surface area contributed by atoms with Gasteiger partial charge in [-0.3, -0.25) is 4.57 Å². The van der Waals surface area contributed by atoms with Crippen molar-refractivity contribution in [1.82, 2.24) is 14.5 Å². The Morgan fingerprint density at radius 1 is 1.38 bits per heavy atom. The third-order valence-corrected chi connectivity index (χ3v) is 2.16. The van der Waals surface area contributed by atoms with Crippen LogP contribution in [0, 0.1) is 0 Å². The summed E-state index contributed by atoms with van der Waals surface area (Å²) in [5, 5.41) is 0. The highest BCUT2D eigenvalue weighted by molar-refractivity contribution is 9.10. The lowest BCUT2D eigenvalue weighted by atomic mass is 10.4. The van der Waals surface area contributed by atoms with Crippen LogP contribution in [0.1, 0.15) is 6.85 Å². The van der Waals surface area contributed by atoms with Gasteiger partial charge < -0.3 is 0 Å². The van der Waals surface area contributed by atoms with Gasteiger partial charge in [-0.05, 0) is 43.9 Å². The Morgan fingerprint density at radius 2 is 2.23 bits per heavy atom. The van der Waals surface area contributed by atoms with Gasteiger partial charge in [0.2, 0.25) is 0 Å². The first-order valence-electron chi connectivity index (χ1n) is 5.69. The maximum atomic E-state index is 7.75. The van der Waals surface area contributed by atoms with Gasteiger partial charge in [-0.25, -0.2) is 9.97 Å². The summed E-state index contributed by atoms with van der Waals surface area (Å²) < 4.78 is 39.4. The summed E-state index contributed by atoms with van der Waals surface area (Å²) in [5.41, 5.74) is 0. The first kappa shape index (κ1) is 4.70. The highest BCUT2D eigenvalue weighted by atomic mass is 79.9. The molecule has 2 rings (SSSR count). The van der Waals surface area contributed by atoms with Crippen LogP contribution in [0.25, 0.3) is 5.82 Å². The van der Waals surface area contributed by atoms with Crippen LogP contribution in [0.3, 0.4) is 0 Å². The molecule has 0 saturated heterocycles. The van der Waals surface area contributed by atoms with Gasteiger partial charge in [0.15, 0.2) is 5.82 Å². The minimum atomic E-state index is -0.387. The van der Waals surface area contributed by atoms with E-state index in [1.54, 1.807) is 0 Å². The minimum Gasteiger partial charge on any atom is -0.288 e. The monoisotopic (exact) mass is 306 g/mol. The number of rotatable bonds is 1. The fraction of sp³-hybridized carbons (Fsp3) is 0. The third kappa shape index (κ3) is 1.81. The van der Waals surface area contributed by atoms with Crippen LogP contribution in [0.2, 0.25) is 0 Å². The SMILES string of the molecule is [2H]c1nc(-n2c([2H])nc(Br)c2[2H])c(Br)c([2H])c1[2H]. The number of halogens is 2. The molecule has 0 N–H and O–H groups in total. The van der Waals surface area contributed by atoms with E-state index in [0.29, 0.717) is 0 Å². The summed E-state index contributed by atoms with van der Waals surface area (Å²) in [6.45, 7) is 0. The van der Waals surface area contributed by atoms with E-state index in [-0.39, 0.29) is 45.6 Å². The topological polar surface area (TPSA) is 30.7 Å². The normalized spacial score (nSPS) is 15.7. The van der Waals surface area contributed by atoms with Crippen LogP contribution in [0.4, 0.5) is 0 Å². The van der Waals surface area contributed by atoms with E-state index in [2.05, 4.69) is 41.8 Å². The van der Waals surface area contributed by atoms with E-state index >= 15 is 0 Å². The molecule has 2 heterocycles. The molecule has 66 valence electrons. The van der Waals surface area contributed by atoms with Crippen molar-refractivity contribution < 1.29 is 6.85 Å². The van der Waals surface area contributed by atoms with E-state index in [1.165, 1.54) is 0 Å². The molecule has 3 nitrogen and oxygen atoms in total. The maximum absolute atomic E-state index is 7.75. The summed E-state index contributed by atoms with van der Waals surface area (Å²) in [6, 6.07) is -0.531. The lowest BCUT2D eigenvalue weighted by Crippen LogP contribution is -1.94. The number of imidazole rings is 1. The van der Waals surface area contributed by atoms with Gasteiger partial charge in [0, 0.05) is 12.3 Å². The second-order valence-electron chi connectivity index (χ2n) is 2.06. The van der Waals surface area contributed by atoms with Crippen molar-refractivity contribution >= 4 is 31.9 Å². The molecule has 0 bridgehead atoms. The van der Waals surface area contributed by atoms with Crippen molar-refractivity contribution in [3.8, 4) is 5.82 Å². The number of nitrogens with zero attached hydrogens (tertiary/aromatic N) is 3. The Kier molecular flexibility index (Phi) is 1.30. The van der Waals surface area contributed by atoms with Crippen molar-refractivity contribution in [2.24, 2.45) is 0 Å². The van der Waals surface area contributed by atoms with E-state index in [0.717, 1.165) is 4.57 Å². The number of pyridine rings is 1. The predicted octanol–water partition coefficient (Wildman–Crippen LogP) is 2.79. The Bertz CT molecular complexity index is 642. The maximum Gasteiger partial charge on any atom is 0.152 e. The van der Waals surface area contributed by atoms with Crippen LogP contribution in [0.5, 0.6) is 0 Å². The van der Waals surface area contributed by atoms with Gasteiger partial charge in [0.05, 0.1) is 9.96 Å². The Balaban J connectivity index is 2.80. The fourth-order valence-corrected chi connectivity index (χ4v) is 1.38. The Morgan fingerprint density at radius 3 is 2.92 bits per heavy atom. The van der Waals surface area contributed by atoms with Crippen molar-refractivity contribution in [3.63, 3.8) is 0 Å². The van der Waals surface area contributed by atoms with Crippen molar-refractivity contribution in [2.45, 2.75) is 0 Å². The van der Waals surface area contributed by atoms with Gasteiger partial charge in [-0.2, -0.15) is 0 Å². The molecule has 0 aliphatic rings. The summed E-state index contributed by atoms with van der Waals surface area (Å²) >= 11 is 6.12. The number of hydrogen-bond acceptors (Lipinski definition) is 2. The molecular weight excluding hydrogens is 298 g/mol. The van der Waals surface area contributed by atoms with Crippen LogP contribution < -0.4 is 0 Å². The Labute approximate surface area is 99.1 Å². The summed E-state index contributed by atoms with van der Waals surface area (Å²) in [5.74, 6) is 0.0363. The average molecular weight is 308 g/mol. The first-order valence-corrected chi connectivity index (χ1v) is 4.78. The average Bonchev–Trinajstić information content (AvgIpc) is 2.56. The van der Waals surface area contributed by atoms with Gasteiger partial charge in [-0.1, -0.05) is 0 Å². The molecule has 2 aromatic rings. The molecule has 0 fully saturated rings. The van der Waals surface area contributed by atoms with Gasteiger partial charge >= 0.3 is 0 Å². The predicted molar refractivity (Wildman–Crippen MR) is 56.8 cm³/mol. The molecule has 0 spiro atoms. The molecule has 5 heteroatoms. The molecule has 0 atom stereocenters. The number of hydrogen-bond donors (Lipinski definition) is 0. The first-order chi connectivity index (χ1) is 8.34. The second-order valence-corrected chi connectivity index (χ2v) is 3.61. The summed E-state index contributed by atoms with van der Waals surface area (Å²) in [4.78, 5) is 7.55. The van der Waals surface area contributed by atoms with Gasteiger partial charge in [0.1, 0.15) is 12.3 Å². The summed E-state index contributed by atoms with van der Waals surface area (Å²) in [7, 11) is 0. The van der Waals surface area contributed by atoms with Gasteiger partial charge in [-0.15, -0.1) is 0 Å². The lowest BCUT2D eigenvalue weighted by Gasteiger charge is -2.01. The van der Waals surface area contributed by atoms with E-state index in [1.807, 2.05) is 0 Å². The van der Waals surface area contributed by atoms with Crippen molar-refractivity contribution in [3.05, 3.63) is 39.8 Å². The zero-order valence-corrected chi connectivity index (χ0v) is 9.27. The molecule has 0 radical (unpaired) electrons. The molecule has 0 amide bonds. The molecule has 0 aromatic carbocycles. The van der Waals surface area contributed by atoms with E-state index in [9.17, 15) is 0 Å². The van der Waals surface area contributed by atoms with Crippen LogP contribution in [0.15, 0.2) is 39.8 Å². The lowest BCUT2D eigenvalue weighted by molar-refractivity contribution is 0.984. The van der Waals surface area contributed by atoms with E-state index < -0.39 is 0 Å².